The van der Waals surface area contributed by atoms with Gasteiger partial charge < -0.3 is 10.0 Å². The Kier molecular flexibility index (Phi) is 3.70. The van der Waals surface area contributed by atoms with E-state index in [1.54, 1.807) is 29.3 Å². The first-order valence-corrected chi connectivity index (χ1v) is 6.89. The second-order valence-electron chi connectivity index (χ2n) is 5.21. The maximum absolute atomic E-state index is 13.2. The molecule has 0 spiro atoms. The molecule has 1 atom stereocenters. The Morgan fingerprint density at radius 3 is 3.00 bits per heavy atom. The number of halogens is 1. The Hall–Kier alpha value is -2.21. The summed E-state index contributed by atoms with van der Waals surface area (Å²) in [5.41, 5.74) is 0.904. The van der Waals surface area contributed by atoms with Crippen LogP contribution >= 0.6 is 0 Å². The van der Waals surface area contributed by atoms with E-state index in [0.717, 1.165) is 6.42 Å². The molecule has 3 rings (SSSR count). The number of nitrogens with zero attached hydrogens (tertiary/aromatic N) is 3. The van der Waals surface area contributed by atoms with Gasteiger partial charge >= 0.3 is 0 Å². The Morgan fingerprint density at radius 2 is 2.29 bits per heavy atom. The Balaban J connectivity index is 1.77. The van der Waals surface area contributed by atoms with Crippen molar-refractivity contribution in [2.75, 3.05) is 19.7 Å². The normalized spacial score (nSPS) is 18.2. The zero-order valence-electron chi connectivity index (χ0n) is 11.4. The van der Waals surface area contributed by atoms with Crippen LogP contribution in [0.1, 0.15) is 16.9 Å². The zero-order valence-corrected chi connectivity index (χ0v) is 11.4. The van der Waals surface area contributed by atoms with Crippen molar-refractivity contribution in [1.82, 2.24) is 14.7 Å². The summed E-state index contributed by atoms with van der Waals surface area (Å²) in [4.78, 5) is 14.0. The van der Waals surface area contributed by atoms with Crippen molar-refractivity contribution in [3.63, 3.8) is 0 Å². The minimum atomic E-state index is -0.346. The molecule has 1 saturated heterocycles. The molecule has 1 fully saturated rings. The SMILES string of the molecule is O=C(c1ccn(-c2cccc(F)c2)n1)N1CCC(CO)C1. The number of aliphatic hydroxyl groups is 1. The van der Waals surface area contributed by atoms with Gasteiger partial charge in [0.1, 0.15) is 5.82 Å². The van der Waals surface area contributed by atoms with Gasteiger partial charge in [0.2, 0.25) is 0 Å². The molecule has 5 nitrogen and oxygen atoms in total. The molecule has 1 unspecified atom stereocenters. The van der Waals surface area contributed by atoms with Gasteiger partial charge in [-0.2, -0.15) is 5.10 Å². The summed E-state index contributed by atoms with van der Waals surface area (Å²) < 4.78 is 14.7. The predicted octanol–water partition coefficient (Wildman–Crippen LogP) is 1.47. The second kappa shape index (κ2) is 5.65. The first-order chi connectivity index (χ1) is 10.2. The van der Waals surface area contributed by atoms with Crippen molar-refractivity contribution in [2.45, 2.75) is 6.42 Å². The summed E-state index contributed by atoms with van der Waals surface area (Å²) in [6, 6.07) is 7.67. The van der Waals surface area contributed by atoms with Crippen LogP contribution < -0.4 is 0 Å². The molecule has 2 heterocycles. The summed E-state index contributed by atoms with van der Waals surface area (Å²) in [5, 5.41) is 13.3. The van der Waals surface area contributed by atoms with Gasteiger partial charge in [-0.1, -0.05) is 6.07 Å². The molecule has 110 valence electrons. The highest BCUT2D eigenvalue weighted by molar-refractivity contribution is 5.92. The molecule has 0 saturated carbocycles. The number of carbonyl (C=O) groups is 1. The van der Waals surface area contributed by atoms with Crippen molar-refractivity contribution < 1.29 is 14.3 Å². The van der Waals surface area contributed by atoms with E-state index in [0.29, 0.717) is 24.5 Å². The number of carbonyl (C=O) groups excluding carboxylic acids is 1. The molecule has 0 radical (unpaired) electrons. The van der Waals surface area contributed by atoms with Gasteiger partial charge in [0.25, 0.3) is 5.91 Å². The monoisotopic (exact) mass is 289 g/mol. The molecule has 0 aliphatic carbocycles. The first kappa shape index (κ1) is 13.8. The first-order valence-electron chi connectivity index (χ1n) is 6.89. The van der Waals surface area contributed by atoms with E-state index >= 15 is 0 Å². The average Bonchev–Trinajstić information content (AvgIpc) is 3.16. The number of likely N-dealkylation sites (tertiary alicyclic amines) is 1. The van der Waals surface area contributed by atoms with Crippen LogP contribution in [0.2, 0.25) is 0 Å². The minimum absolute atomic E-state index is 0.0987. The van der Waals surface area contributed by atoms with Gasteiger partial charge in [0.15, 0.2) is 5.69 Å². The fraction of sp³-hybridized carbons (Fsp3) is 0.333. The Morgan fingerprint density at radius 1 is 1.43 bits per heavy atom. The lowest BCUT2D eigenvalue weighted by Gasteiger charge is -2.14. The molecular formula is C15H16FN3O2. The van der Waals surface area contributed by atoms with E-state index < -0.39 is 0 Å². The van der Waals surface area contributed by atoms with E-state index in [2.05, 4.69) is 5.10 Å². The van der Waals surface area contributed by atoms with E-state index in [9.17, 15) is 9.18 Å². The Bertz CT molecular complexity index is 656. The van der Waals surface area contributed by atoms with Crippen molar-refractivity contribution in [1.29, 1.82) is 0 Å². The predicted molar refractivity (Wildman–Crippen MR) is 74.6 cm³/mol. The molecule has 1 N–H and O–H groups in total. The maximum atomic E-state index is 13.2. The van der Waals surface area contributed by atoms with Gasteiger partial charge in [-0.3, -0.25) is 4.79 Å². The number of aromatic nitrogens is 2. The number of amides is 1. The molecule has 2 aromatic rings. The lowest BCUT2D eigenvalue weighted by molar-refractivity contribution is 0.0775. The number of aliphatic hydroxyl groups excluding tert-OH is 1. The van der Waals surface area contributed by atoms with E-state index in [1.165, 1.54) is 16.8 Å². The molecule has 1 aromatic carbocycles. The van der Waals surface area contributed by atoms with Crippen LogP contribution in [-0.4, -0.2) is 45.4 Å². The smallest absolute Gasteiger partial charge is 0.274 e. The van der Waals surface area contributed by atoms with Crippen LogP contribution in [0.3, 0.4) is 0 Å². The molecule has 1 amide bonds. The quantitative estimate of drug-likeness (QED) is 0.931. The van der Waals surface area contributed by atoms with Gasteiger partial charge in [0.05, 0.1) is 5.69 Å². The van der Waals surface area contributed by atoms with E-state index in [1.807, 2.05) is 0 Å². The van der Waals surface area contributed by atoms with Crippen LogP contribution in [0.4, 0.5) is 4.39 Å². The third-order valence-corrected chi connectivity index (χ3v) is 3.71. The number of hydrogen-bond donors (Lipinski definition) is 1. The van der Waals surface area contributed by atoms with Gasteiger partial charge in [-0.25, -0.2) is 9.07 Å². The van der Waals surface area contributed by atoms with Crippen molar-refractivity contribution in [3.8, 4) is 5.69 Å². The highest BCUT2D eigenvalue weighted by atomic mass is 19.1. The Labute approximate surface area is 121 Å². The molecule has 1 aliphatic rings. The second-order valence-corrected chi connectivity index (χ2v) is 5.21. The summed E-state index contributed by atoms with van der Waals surface area (Å²) in [6.07, 6.45) is 2.45. The largest absolute Gasteiger partial charge is 0.396 e. The number of benzene rings is 1. The fourth-order valence-corrected chi connectivity index (χ4v) is 2.53. The third-order valence-electron chi connectivity index (χ3n) is 3.71. The molecule has 6 heteroatoms. The fourth-order valence-electron chi connectivity index (χ4n) is 2.53. The standard InChI is InChI=1S/C15H16FN3O2/c16-12-2-1-3-13(8-12)19-7-5-14(17-19)15(21)18-6-4-11(9-18)10-20/h1-3,5,7-8,11,20H,4,6,9-10H2. The lowest BCUT2D eigenvalue weighted by atomic mass is 10.1. The topological polar surface area (TPSA) is 58.4 Å². The summed E-state index contributed by atoms with van der Waals surface area (Å²) in [6.45, 7) is 1.29. The molecule has 21 heavy (non-hydrogen) atoms. The van der Waals surface area contributed by atoms with Crippen LogP contribution in [0, 0.1) is 11.7 Å². The van der Waals surface area contributed by atoms with Crippen LogP contribution in [-0.2, 0) is 0 Å². The van der Waals surface area contributed by atoms with Crippen molar-refractivity contribution in [2.24, 2.45) is 5.92 Å². The average molecular weight is 289 g/mol. The van der Waals surface area contributed by atoms with Gasteiger partial charge in [-0.05, 0) is 30.7 Å². The third kappa shape index (κ3) is 2.80. The summed E-state index contributed by atoms with van der Waals surface area (Å²) in [7, 11) is 0. The molecular weight excluding hydrogens is 273 g/mol. The number of hydrogen-bond acceptors (Lipinski definition) is 3. The van der Waals surface area contributed by atoms with Crippen LogP contribution in [0.15, 0.2) is 36.5 Å². The minimum Gasteiger partial charge on any atom is -0.396 e. The van der Waals surface area contributed by atoms with Gasteiger partial charge in [-0.15, -0.1) is 0 Å². The van der Waals surface area contributed by atoms with E-state index in [-0.39, 0.29) is 24.2 Å². The summed E-state index contributed by atoms with van der Waals surface area (Å²) in [5.74, 6) is -0.346. The highest BCUT2D eigenvalue weighted by Crippen LogP contribution is 2.18. The molecule has 0 bridgehead atoms. The zero-order chi connectivity index (χ0) is 14.8. The lowest BCUT2D eigenvalue weighted by Crippen LogP contribution is -2.29. The molecule has 1 aliphatic heterocycles. The number of rotatable bonds is 3. The van der Waals surface area contributed by atoms with Crippen LogP contribution in [0.5, 0.6) is 0 Å². The molecule has 1 aromatic heterocycles. The van der Waals surface area contributed by atoms with Crippen molar-refractivity contribution >= 4 is 5.91 Å². The van der Waals surface area contributed by atoms with Crippen molar-refractivity contribution in [3.05, 3.63) is 48.0 Å². The van der Waals surface area contributed by atoms with E-state index in [4.69, 9.17) is 5.11 Å². The summed E-state index contributed by atoms with van der Waals surface area (Å²) >= 11 is 0. The van der Waals surface area contributed by atoms with Crippen LogP contribution in [0.25, 0.3) is 5.69 Å². The maximum Gasteiger partial charge on any atom is 0.274 e. The highest BCUT2D eigenvalue weighted by Gasteiger charge is 2.27. The van der Waals surface area contributed by atoms with Gasteiger partial charge in [0, 0.05) is 31.8 Å².